The van der Waals surface area contributed by atoms with Crippen molar-refractivity contribution in [1.82, 2.24) is 14.8 Å². The second-order valence-electron chi connectivity index (χ2n) is 6.58. The number of rotatable bonds is 5. The van der Waals surface area contributed by atoms with Crippen LogP contribution in [0.5, 0.6) is 11.5 Å². The van der Waals surface area contributed by atoms with Gasteiger partial charge in [-0.25, -0.2) is 0 Å². The van der Waals surface area contributed by atoms with Crippen LogP contribution in [0.2, 0.25) is 5.02 Å². The number of pyridine rings is 1. The average Bonchev–Trinajstić information content (AvgIpc) is 2.98. The van der Waals surface area contributed by atoms with Crippen LogP contribution >= 0.6 is 11.6 Å². The summed E-state index contributed by atoms with van der Waals surface area (Å²) < 4.78 is 7.36. The fourth-order valence-corrected chi connectivity index (χ4v) is 3.35. The van der Waals surface area contributed by atoms with Gasteiger partial charge < -0.3 is 10.1 Å². The highest BCUT2D eigenvalue weighted by molar-refractivity contribution is 6.32. The lowest BCUT2D eigenvalue weighted by Gasteiger charge is -2.25. The molecule has 0 saturated heterocycles. The molecule has 4 rings (SSSR count). The lowest BCUT2D eigenvalue weighted by atomic mass is 9.80. The molecule has 1 saturated carbocycles. The molecule has 1 N–H and O–H groups in total. The lowest BCUT2D eigenvalue weighted by molar-refractivity contribution is 0.101. The van der Waals surface area contributed by atoms with Gasteiger partial charge in [-0.1, -0.05) is 18.0 Å². The number of aryl methyl sites for hydroxylation is 1. The Kier molecular flexibility index (Phi) is 4.81. The first-order valence-corrected chi connectivity index (χ1v) is 9.20. The van der Waals surface area contributed by atoms with Crippen molar-refractivity contribution in [3.05, 3.63) is 65.2 Å². The molecule has 0 bridgehead atoms. The second kappa shape index (κ2) is 7.40. The highest BCUT2D eigenvalue weighted by atomic mass is 35.5. The Morgan fingerprint density at radius 3 is 2.70 bits per heavy atom. The number of nitrogens with one attached hydrogen (secondary N) is 1. The first kappa shape index (κ1) is 17.5. The molecule has 0 atom stereocenters. The highest BCUT2D eigenvalue weighted by Gasteiger charge is 2.27. The smallest absolute Gasteiger partial charge is 0.274 e. The largest absolute Gasteiger partial charge is 0.456 e. The fourth-order valence-electron chi connectivity index (χ4n) is 3.14. The Labute approximate surface area is 162 Å². The number of benzene rings is 1. The third-order valence-electron chi connectivity index (χ3n) is 4.79. The predicted octanol–water partition coefficient (Wildman–Crippen LogP) is 4.78. The molecule has 27 heavy (non-hydrogen) atoms. The fraction of sp³-hybridized carbons (Fsp3) is 0.250. The molecule has 2 aromatic heterocycles. The maximum Gasteiger partial charge on any atom is 0.274 e. The van der Waals surface area contributed by atoms with E-state index in [9.17, 15) is 4.79 Å². The molecular formula is C20H19ClN4O2. The zero-order chi connectivity index (χ0) is 18.8. The van der Waals surface area contributed by atoms with Crippen molar-refractivity contribution in [1.29, 1.82) is 0 Å². The summed E-state index contributed by atoms with van der Waals surface area (Å²) in [5.74, 6) is 1.40. The van der Waals surface area contributed by atoms with Crippen molar-refractivity contribution in [2.24, 2.45) is 7.05 Å². The quantitative estimate of drug-likeness (QED) is 0.689. The molecule has 138 valence electrons. The molecule has 1 fully saturated rings. The maximum absolute atomic E-state index is 12.8. The van der Waals surface area contributed by atoms with Crippen LogP contribution in [0.15, 0.2) is 48.9 Å². The van der Waals surface area contributed by atoms with E-state index >= 15 is 0 Å². The Bertz CT molecular complexity index is 967. The maximum atomic E-state index is 12.8. The van der Waals surface area contributed by atoms with E-state index in [4.69, 9.17) is 16.3 Å². The molecule has 1 amide bonds. The van der Waals surface area contributed by atoms with Crippen LogP contribution in [0.3, 0.4) is 0 Å². The summed E-state index contributed by atoms with van der Waals surface area (Å²) in [4.78, 5) is 16.7. The van der Waals surface area contributed by atoms with E-state index in [1.807, 2.05) is 0 Å². The Morgan fingerprint density at radius 2 is 2.04 bits per heavy atom. The van der Waals surface area contributed by atoms with Gasteiger partial charge in [0.25, 0.3) is 5.91 Å². The molecule has 3 aromatic rings. The number of aromatic nitrogens is 3. The van der Waals surface area contributed by atoms with Crippen LogP contribution in [0, 0.1) is 0 Å². The summed E-state index contributed by atoms with van der Waals surface area (Å²) in [5, 5.41) is 7.59. The van der Waals surface area contributed by atoms with Gasteiger partial charge in [0.05, 0.1) is 11.2 Å². The third-order valence-corrected chi connectivity index (χ3v) is 5.09. The predicted molar refractivity (Wildman–Crippen MR) is 104 cm³/mol. The molecule has 1 aliphatic rings. The van der Waals surface area contributed by atoms with Crippen LogP contribution in [-0.4, -0.2) is 20.7 Å². The van der Waals surface area contributed by atoms with E-state index < -0.39 is 0 Å². The zero-order valence-corrected chi connectivity index (χ0v) is 15.6. The van der Waals surface area contributed by atoms with Crippen LogP contribution in [0.1, 0.15) is 41.2 Å². The van der Waals surface area contributed by atoms with E-state index in [2.05, 4.69) is 15.4 Å². The molecule has 0 radical (unpaired) electrons. The Morgan fingerprint density at radius 1 is 1.26 bits per heavy atom. The number of amides is 1. The molecule has 0 aliphatic heterocycles. The van der Waals surface area contributed by atoms with Gasteiger partial charge in [0.1, 0.15) is 17.2 Å². The highest BCUT2D eigenvalue weighted by Crippen LogP contribution is 2.38. The van der Waals surface area contributed by atoms with Crippen molar-refractivity contribution in [2.45, 2.75) is 25.2 Å². The van der Waals surface area contributed by atoms with Gasteiger partial charge in [0.2, 0.25) is 0 Å². The molecule has 7 heteroatoms. The first-order valence-electron chi connectivity index (χ1n) is 8.82. The molecule has 6 nitrogen and oxygen atoms in total. The number of ether oxygens (including phenoxy) is 1. The third kappa shape index (κ3) is 3.66. The molecule has 0 spiro atoms. The summed E-state index contributed by atoms with van der Waals surface area (Å²) >= 11 is 6.32. The number of hydrogen-bond donors (Lipinski definition) is 1. The minimum atomic E-state index is -0.184. The zero-order valence-electron chi connectivity index (χ0n) is 14.9. The van der Waals surface area contributed by atoms with Crippen LogP contribution in [0.25, 0.3) is 0 Å². The van der Waals surface area contributed by atoms with Crippen LogP contribution < -0.4 is 10.1 Å². The number of anilines is 1. The normalized spacial score (nSPS) is 13.9. The lowest BCUT2D eigenvalue weighted by Crippen LogP contribution is -2.20. The number of carbonyl (C=O) groups excluding carboxylic acids is 1. The van der Waals surface area contributed by atoms with Gasteiger partial charge in [-0.05, 0) is 49.1 Å². The topological polar surface area (TPSA) is 69.0 Å². The summed E-state index contributed by atoms with van der Waals surface area (Å²) in [6.07, 6.45) is 8.51. The molecular weight excluding hydrogens is 364 g/mol. The van der Waals surface area contributed by atoms with Gasteiger partial charge in [0.15, 0.2) is 0 Å². The van der Waals surface area contributed by atoms with Gasteiger partial charge >= 0.3 is 0 Å². The minimum absolute atomic E-state index is 0.184. The monoisotopic (exact) mass is 382 g/mol. The van der Waals surface area contributed by atoms with Gasteiger partial charge in [-0.15, -0.1) is 0 Å². The number of carbonyl (C=O) groups is 1. The van der Waals surface area contributed by atoms with Crippen molar-refractivity contribution in [3.8, 4) is 11.5 Å². The van der Waals surface area contributed by atoms with Gasteiger partial charge in [-0.3, -0.25) is 14.5 Å². The van der Waals surface area contributed by atoms with Gasteiger partial charge in [-0.2, -0.15) is 5.10 Å². The summed E-state index contributed by atoms with van der Waals surface area (Å²) in [6, 6.07) is 8.66. The number of hydrogen-bond acceptors (Lipinski definition) is 4. The van der Waals surface area contributed by atoms with E-state index in [0.29, 0.717) is 33.8 Å². The molecule has 1 aromatic carbocycles. The van der Waals surface area contributed by atoms with Crippen LogP contribution in [0.4, 0.5) is 5.69 Å². The number of halogens is 1. The SMILES string of the molecule is Cn1ncc(C2CCC2)c1C(=O)Nc1ccc(Oc2ccncc2)c(Cl)c1. The average molecular weight is 383 g/mol. The van der Waals surface area contributed by atoms with Crippen molar-refractivity contribution >= 4 is 23.2 Å². The van der Waals surface area contributed by atoms with E-state index in [1.165, 1.54) is 6.42 Å². The van der Waals surface area contributed by atoms with Crippen molar-refractivity contribution < 1.29 is 9.53 Å². The van der Waals surface area contributed by atoms with Gasteiger partial charge in [0, 0.05) is 30.7 Å². The first-order chi connectivity index (χ1) is 13.1. The Hall–Kier alpha value is -2.86. The van der Waals surface area contributed by atoms with Crippen molar-refractivity contribution in [3.63, 3.8) is 0 Å². The minimum Gasteiger partial charge on any atom is -0.456 e. The second-order valence-corrected chi connectivity index (χ2v) is 6.99. The van der Waals surface area contributed by atoms with E-state index in [0.717, 1.165) is 18.4 Å². The standard InChI is InChI=1S/C20H19ClN4O2/c1-25-19(16(12-23-25)13-3-2-4-13)20(26)24-14-5-6-18(17(21)11-14)27-15-7-9-22-10-8-15/h5-13H,2-4H2,1H3,(H,24,26). The molecule has 2 heterocycles. The van der Waals surface area contributed by atoms with Crippen molar-refractivity contribution in [2.75, 3.05) is 5.32 Å². The molecule has 0 unspecified atom stereocenters. The summed E-state index contributed by atoms with van der Waals surface area (Å²) in [6.45, 7) is 0. The van der Waals surface area contributed by atoms with Crippen LogP contribution in [-0.2, 0) is 7.05 Å². The summed E-state index contributed by atoms with van der Waals surface area (Å²) in [5.41, 5.74) is 2.23. The van der Waals surface area contributed by atoms with E-state index in [1.54, 1.807) is 60.7 Å². The Balaban J connectivity index is 1.51. The number of nitrogens with zero attached hydrogens (tertiary/aromatic N) is 3. The summed E-state index contributed by atoms with van der Waals surface area (Å²) in [7, 11) is 1.79. The van der Waals surface area contributed by atoms with E-state index in [-0.39, 0.29) is 5.91 Å². The molecule has 1 aliphatic carbocycles.